The minimum absolute atomic E-state index is 0.175. The molecule has 0 radical (unpaired) electrons. The maximum absolute atomic E-state index is 11.5. The van der Waals surface area contributed by atoms with Gasteiger partial charge in [-0.1, -0.05) is 26.7 Å². The molecule has 0 bridgehead atoms. The first-order valence-electron chi connectivity index (χ1n) is 6.20. The molecule has 0 saturated heterocycles. The molecule has 0 spiro atoms. The normalized spacial score (nSPS) is 16.9. The lowest BCUT2D eigenvalue weighted by Crippen LogP contribution is -2.34. The largest absolute Gasteiger partial charge is 0.313 e. The molecule has 1 aliphatic rings. The number of sulfonamides is 1. The van der Waals surface area contributed by atoms with Crippen molar-refractivity contribution in [1.29, 1.82) is 0 Å². The van der Waals surface area contributed by atoms with Crippen LogP contribution in [0.3, 0.4) is 0 Å². The van der Waals surface area contributed by atoms with E-state index in [1.807, 2.05) is 13.8 Å². The third-order valence-electron chi connectivity index (χ3n) is 2.73. The molecule has 16 heavy (non-hydrogen) atoms. The second-order valence-electron chi connectivity index (χ2n) is 4.91. The average molecular weight is 248 g/mol. The molecule has 0 aromatic rings. The summed E-state index contributed by atoms with van der Waals surface area (Å²) in [4.78, 5) is 0. The zero-order valence-electron chi connectivity index (χ0n) is 10.3. The Morgan fingerprint density at radius 3 is 2.50 bits per heavy atom. The van der Waals surface area contributed by atoms with Gasteiger partial charge in [-0.15, -0.1) is 0 Å². The van der Waals surface area contributed by atoms with Gasteiger partial charge in [0.15, 0.2) is 0 Å². The lowest BCUT2D eigenvalue weighted by Gasteiger charge is -2.09. The highest BCUT2D eigenvalue weighted by atomic mass is 32.2. The molecular formula is C11H24N2O2S. The van der Waals surface area contributed by atoms with Gasteiger partial charge in [-0.3, -0.25) is 0 Å². The van der Waals surface area contributed by atoms with Crippen molar-refractivity contribution in [2.45, 2.75) is 45.6 Å². The van der Waals surface area contributed by atoms with E-state index in [2.05, 4.69) is 10.0 Å². The predicted octanol–water partition coefficient (Wildman–Crippen LogP) is 1.09. The first-order chi connectivity index (χ1) is 7.49. The highest BCUT2D eigenvalue weighted by Crippen LogP contribution is 2.33. The van der Waals surface area contributed by atoms with E-state index in [4.69, 9.17) is 0 Å². The minimum atomic E-state index is -3.07. The van der Waals surface area contributed by atoms with E-state index in [0.29, 0.717) is 19.1 Å². The van der Waals surface area contributed by atoms with E-state index < -0.39 is 10.0 Å². The minimum Gasteiger partial charge on any atom is -0.313 e. The van der Waals surface area contributed by atoms with E-state index in [0.717, 1.165) is 12.3 Å². The zero-order valence-corrected chi connectivity index (χ0v) is 11.1. The highest BCUT2D eigenvalue weighted by molar-refractivity contribution is 7.89. The topological polar surface area (TPSA) is 58.2 Å². The van der Waals surface area contributed by atoms with Crippen LogP contribution < -0.4 is 10.0 Å². The van der Waals surface area contributed by atoms with Crippen LogP contribution in [-0.2, 0) is 10.0 Å². The molecule has 1 fully saturated rings. The second-order valence-corrected chi connectivity index (χ2v) is 6.83. The van der Waals surface area contributed by atoms with E-state index >= 15 is 0 Å². The quantitative estimate of drug-likeness (QED) is 0.601. The Hall–Kier alpha value is -0.130. The molecule has 0 heterocycles. The Kier molecular flexibility index (Phi) is 5.72. The van der Waals surface area contributed by atoms with Crippen LogP contribution in [0.2, 0.25) is 0 Å². The summed E-state index contributed by atoms with van der Waals surface area (Å²) in [6.45, 7) is 5.14. The molecule has 0 aromatic heterocycles. The van der Waals surface area contributed by atoms with E-state index in [-0.39, 0.29) is 5.75 Å². The maximum Gasteiger partial charge on any atom is 0.212 e. The van der Waals surface area contributed by atoms with Gasteiger partial charge in [-0.05, 0) is 18.8 Å². The molecule has 4 nitrogen and oxygen atoms in total. The van der Waals surface area contributed by atoms with Gasteiger partial charge in [0.1, 0.15) is 0 Å². The Morgan fingerprint density at radius 1 is 1.25 bits per heavy atom. The first kappa shape index (κ1) is 13.9. The van der Waals surface area contributed by atoms with Gasteiger partial charge in [0.25, 0.3) is 0 Å². The van der Waals surface area contributed by atoms with Gasteiger partial charge in [-0.2, -0.15) is 0 Å². The van der Waals surface area contributed by atoms with Crippen LogP contribution in [0.1, 0.15) is 39.5 Å². The van der Waals surface area contributed by atoms with Crippen molar-refractivity contribution in [2.75, 3.05) is 18.8 Å². The monoisotopic (exact) mass is 248 g/mol. The summed E-state index contributed by atoms with van der Waals surface area (Å²) in [7, 11) is -3.07. The standard InChI is InChI=1S/C11H24N2O2S/c1-10(2)12-8-9-16(14,15)13-7-3-4-11-5-6-11/h10-13H,3-9H2,1-2H3. The van der Waals surface area contributed by atoms with E-state index in [1.165, 1.54) is 19.3 Å². The van der Waals surface area contributed by atoms with Crippen molar-refractivity contribution in [3.63, 3.8) is 0 Å². The maximum atomic E-state index is 11.5. The van der Waals surface area contributed by atoms with Crippen LogP contribution in [0.15, 0.2) is 0 Å². The van der Waals surface area contributed by atoms with Crippen LogP contribution in [0.4, 0.5) is 0 Å². The summed E-state index contributed by atoms with van der Waals surface area (Å²) in [6, 6.07) is 0.338. The lowest BCUT2D eigenvalue weighted by molar-refractivity contribution is 0.560. The van der Waals surface area contributed by atoms with Crippen molar-refractivity contribution in [1.82, 2.24) is 10.0 Å². The Balaban J connectivity index is 2.02. The third-order valence-corrected chi connectivity index (χ3v) is 4.12. The van der Waals surface area contributed by atoms with E-state index in [9.17, 15) is 8.42 Å². The van der Waals surface area contributed by atoms with Crippen LogP contribution in [0.5, 0.6) is 0 Å². The summed E-state index contributed by atoms with van der Waals surface area (Å²) in [5.41, 5.74) is 0. The molecule has 0 aliphatic heterocycles. The number of rotatable bonds is 9. The average Bonchev–Trinajstić information content (AvgIpc) is 2.95. The fourth-order valence-corrected chi connectivity index (χ4v) is 2.57. The van der Waals surface area contributed by atoms with Crippen molar-refractivity contribution >= 4 is 10.0 Å². The summed E-state index contributed by atoms with van der Waals surface area (Å²) in [5, 5.41) is 3.10. The Morgan fingerprint density at radius 2 is 1.94 bits per heavy atom. The molecule has 0 aromatic carbocycles. The van der Waals surface area contributed by atoms with Gasteiger partial charge in [0.2, 0.25) is 10.0 Å². The van der Waals surface area contributed by atoms with Crippen molar-refractivity contribution < 1.29 is 8.42 Å². The van der Waals surface area contributed by atoms with Gasteiger partial charge in [0, 0.05) is 19.1 Å². The summed E-state index contributed by atoms with van der Waals surface area (Å²) < 4.78 is 25.7. The molecular weight excluding hydrogens is 224 g/mol. The second kappa shape index (κ2) is 6.57. The molecule has 96 valence electrons. The molecule has 1 saturated carbocycles. The molecule has 2 N–H and O–H groups in total. The first-order valence-corrected chi connectivity index (χ1v) is 7.85. The summed E-state index contributed by atoms with van der Waals surface area (Å²) >= 11 is 0. The smallest absolute Gasteiger partial charge is 0.212 e. The third kappa shape index (κ3) is 7.19. The fraction of sp³-hybridized carbons (Fsp3) is 1.00. The van der Waals surface area contributed by atoms with Gasteiger partial charge in [0.05, 0.1) is 5.75 Å². The van der Waals surface area contributed by atoms with Crippen molar-refractivity contribution in [2.24, 2.45) is 5.92 Å². The fourth-order valence-electron chi connectivity index (χ4n) is 1.58. The zero-order chi connectivity index (χ0) is 12.0. The van der Waals surface area contributed by atoms with Crippen LogP contribution in [0.25, 0.3) is 0 Å². The van der Waals surface area contributed by atoms with Crippen molar-refractivity contribution in [3.05, 3.63) is 0 Å². The van der Waals surface area contributed by atoms with E-state index in [1.54, 1.807) is 0 Å². The SMILES string of the molecule is CC(C)NCCS(=O)(=O)NCCCC1CC1. The molecule has 5 heteroatoms. The Bertz CT molecular complexity index is 284. The molecule has 0 amide bonds. The molecule has 0 atom stereocenters. The van der Waals surface area contributed by atoms with Gasteiger partial charge in [-0.25, -0.2) is 13.1 Å². The lowest BCUT2D eigenvalue weighted by atomic mass is 10.2. The number of hydrogen-bond acceptors (Lipinski definition) is 3. The molecule has 1 aliphatic carbocycles. The van der Waals surface area contributed by atoms with Crippen LogP contribution in [0, 0.1) is 5.92 Å². The predicted molar refractivity (Wildman–Crippen MR) is 66.9 cm³/mol. The van der Waals surface area contributed by atoms with Crippen LogP contribution >= 0.6 is 0 Å². The van der Waals surface area contributed by atoms with Gasteiger partial charge < -0.3 is 5.32 Å². The summed E-state index contributed by atoms with van der Waals surface area (Å²) in [6.07, 6.45) is 4.82. The Labute approximate surface area is 99.2 Å². The van der Waals surface area contributed by atoms with Gasteiger partial charge >= 0.3 is 0 Å². The highest BCUT2D eigenvalue weighted by Gasteiger charge is 2.20. The van der Waals surface area contributed by atoms with Crippen LogP contribution in [-0.4, -0.2) is 33.3 Å². The van der Waals surface area contributed by atoms with Crippen molar-refractivity contribution in [3.8, 4) is 0 Å². The molecule has 1 rings (SSSR count). The molecule has 0 unspecified atom stereocenters. The summed E-state index contributed by atoms with van der Waals surface area (Å²) in [5.74, 6) is 1.06. The number of hydrogen-bond donors (Lipinski definition) is 2. The number of nitrogens with one attached hydrogen (secondary N) is 2.